The van der Waals surface area contributed by atoms with Crippen LogP contribution in [0.1, 0.15) is 10.4 Å². The van der Waals surface area contributed by atoms with Crippen LogP contribution in [0.5, 0.6) is 0 Å². The average molecular weight is 496 g/mol. The monoisotopic (exact) mass is 494 g/mol. The van der Waals surface area contributed by atoms with E-state index >= 15 is 0 Å². The van der Waals surface area contributed by atoms with Crippen LogP contribution < -0.4 is 21.3 Å². The molecule has 1 aliphatic heterocycles. The molecule has 4 N–H and O–H groups in total. The third kappa shape index (κ3) is 5.52. The number of rotatable bonds is 6. The van der Waals surface area contributed by atoms with Gasteiger partial charge in [0.05, 0.1) is 41.4 Å². The largest absolute Gasteiger partial charge is 0.378 e. The number of anilines is 5. The molecule has 0 radical (unpaired) electrons. The van der Waals surface area contributed by atoms with E-state index in [2.05, 4.69) is 25.5 Å². The lowest BCUT2D eigenvalue weighted by molar-refractivity contribution is 0.100. The highest BCUT2D eigenvalue weighted by atomic mass is 35.5. The maximum atomic E-state index is 11.7. The molecule has 3 aromatic rings. The van der Waals surface area contributed by atoms with Gasteiger partial charge in [-0.1, -0.05) is 35.3 Å². The second kappa shape index (κ2) is 10.7. The van der Waals surface area contributed by atoms with Crippen LogP contribution in [-0.2, 0) is 4.74 Å². The van der Waals surface area contributed by atoms with E-state index in [1.54, 1.807) is 24.3 Å². The quantitative estimate of drug-likeness (QED) is 0.458. The standard InChI is InChI=1S/C21H20Cl2N6O2.ClH/c22-15-11-13(5-6-18(15)29-7-9-31-10-8-29)26-21-25-12-16(23)20(28-21)27-17-4-2-1-3-14(17)19(24)30;/h1-6,11-12H,7-10H2,(H2,24,30)(H2,25,26,27,28);1H. The first kappa shape index (κ1) is 23.9. The van der Waals surface area contributed by atoms with Crippen molar-refractivity contribution in [1.29, 1.82) is 0 Å². The van der Waals surface area contributed by atoms with E-state index in [1.807, 2.05) is 18.2 Å². The number of halogens is 3. The molecule has 1 aromatic heterocycles. The zero-order valence-electron chi connectivity index (χ0n) is 16.8. The summed E-state index contributed by atoms with van der Waals surface area (Å²) >= 11 is 12.7. The molecular formula is C21H21Cl3N6O2. The summed E-state index contributed by atoms with van der Waals surface area (Å²) in [5.74, 6) is 0.101. The Kier molecular flexibility index (Phi) is 7.98. The molecule has 0 unspecified atom stereocenters. The minimum Gasteiger partial charge on any atom is -0.378 e. The van der Waals surface area contributed by atoms with Gasteiger partial charge in [-0.2, -0.15) is 4.98 Å². The molecule has 32 heavy (non-hydrogen) atoms. The summed E-state index contributed by atoms with van der Waals surface area (Å²) in [6.45, 7) is 2.97. The number of hydrogen-bond acceptors (Lipinski definition) is 7. The molecule has 1 aliphatic rings. The number of morpholine rings is 1. The van der Waals surface area contributed by atoms with Crippen molar-refractivity contribution >= 4 is 70.3 Å². The number of nitrogens with one attached hydrogen (secondary N) is 2. The minimum atomic E-state index is -0.554. The Morgan fingerprint density at radius 1 is 1.06 bits per heavy atom. The fourth-order valence-electron chi connectivity index (χ4n) is 3.22. The van der Waals surface area contributed by atoms with E-state index in [1.165, 1.54) is 6.20 Å². The van der Waals surface area contributed by atoms with Crippen molar-refractivity contribution in [3.05, 3.63) is 64.3 Å². The van der Waals surface area contributed by atoms with Gasteiger partial charge in [-0.3, -0.25) is 4.79 Å². The summed E-state index contributed by atoms with van der Waals surface area (Å²) < 4.78 is 5.39. The van der Waals surface area contributed by atoms with Gasteiger partial charge in [-0.25, -0.2) is 4.98 Å². The van der Waals surface area contributed by atoms with E-state index in [4.69, 9.17) is 33.7 Å². The van der Waals surface area contributed by atoms with Crippen molar-refractivity contribution in [3.63, 3.8) is 0 Å². The molecule has 4 rings (SSSR count). The van der Waals surface area contributed by atoms with Crippen LogP contribution in [0.15, 0.2) is 48.7 Å². The zero-order valence-corrected chi connectivity index (χ0v) is 19.2. The van der Waals surface area contributed by atoms with Gasteiger partial charge in [-0.05, 0) is 30.3 Å². The van der Waals surface area contributed by atoms with Crippen LogP contribution in [-0.4, -0.2) is 42.2 Å². The molecule has 2 heterocycles. The van der Waals surface area contributed by atoms with Gasteiger partial charge in [0.15, 0.2) is 5.82 Å². The van der Waals surface area contributed by atoms with Crippen LogP contribution in [0.2, 0.25) is 10.0 Å². The van der Waals surface area contributed by atoms with Gasteiger partial charge in [0, 0.05) is 18.8 Å². The van der Waals surface area contributed by atoms with Crippen LogP contribution >= 0.6 is 35.6 Å². The molecule has 8 nitrogen and oxygen atoms in total. The fraction of sp³-hybridized carbons (Fsp3) is 0.190. The lowest BCUT2D eigenvalue weighted by Gasteiger charge is -2.29. The predicted octanol–water partition coefficient (Wildman–Crippen LogP) is 4.63. The highest BCUT2D eigenvalue weighted by Gasteiger charge is 2.15. The Morgan fingerprint density at radius 3 is 2.53 bits per heavy atom. The van der Waals surface area contributed by atoms with Crippen molar-refractivity contribution in [2.45, 2.75) is 0 Å². The number of nitrogens with zero attached hydrogens (tertiary/aromatic N) is 3. The van der Waals surface area contributed by atoms with Crippen LogP contribution in [0.4, 0.5) is 28.8 Å². The van der Waals surface area contributed by atoms with Crippen molar-refractivity contribution in [2.75, 3.05) is 41.8 Å². The molecule has 0 bridgehead atoms. The van der Waals surface area contributed by atoms with Gasteiger partial charge < -0.3 is 26.0 Å². The number of carbonyl (C=O) groups excluding carboxylic acids is 1. The van der Waals surface area contributed by atoms with E-state index in [-0.39, 0.29) is 12.4 Å². The number of benzene rings is 2. The Labute approximate surface area is 201 Å². The Morgan fingerprint density at radius 2 is 1.81 bits per heavy atom. The highest BCUT2D eigenvalue weighted by molar-refractivity contribution is 6.33. The molecule has 1 amide bonds. The zero-order chi connectivity index (χ0) is 21.8. The molecule has 2 aromatic carbocycles. The molecule has 0 atom stereocenters. The summed E-state index contributed by atoms with van der Waals surface area (Å²) in [5.41, 5.74) is 7.95. The normalized spacial score (nSPS) is 13.2. The second-order valence-corrected chi connectivity index (χ2v) is 7.63. The first-order valence-electron chi connectivity index (χ1n) is 9.59. The van der Waals surface area contributed by atoms with Gasteiger partial charge in [0.25, 0.3) is 5.91 Å². The molecule has 168 valence electrons. The summed E-state index contributed by atoms with van der Waals surface area (Å²) in [7, 11) is 0. The number of para-hydroxylation sites is 1. The van der Waals surface area contributed by atoms with E-state index < -0.39 is 5.91 Å². The highest BCUT2D eigenvalue weighted by Crippen LogP contribution is 2.31. The van der Waals surface area contributed by atoms with Crippen molar-refractivity contribution < 1.29 is 9.53 Å². The number of hydrogen-bond donors (Lipinski definition) is 3. The smallest absolute Gasteiger partial charge is 0.250 e. The molecule has 0 spiro atoms. The van der Waals surface area contributed by atoms with Gasteiger partial charge in [-0.15, -0.1) is 12.4 Å². The van der Waals surface area contributed by atoms with Crippen LogP contribution in [0, 0.1) is 0 Å². The number of nitrogens with two attached hydrogens (primary N) is 1. The third-order valence-electron chi connectivity index (χ3n) is 4.75. The van der Waals surface area contributed by atoms with E-state index in [9.17, 15) is 4.79 Å². The topological polar surface area (TPSA) is 105 Å². The number of primary amides is 1. The SMILES string of the molecule is Cl.NC(=O)c1ccccc1Nc1nc(Nc2ccc(N3CCOCC3)c(Cl)c2)ncc1Cl. The summed E-state index contributed by atoms with van der Waals surface area (Å²) in [4.78, 5) is 22.5. The Balaban J connectivity index is 0.00000289. The number of aromatic nitrogens is 2. The molecular weight excluding hydrogens is 475 g/mol. The van der Waals surface area contributed by atoms with E-state index in [0.717, 1.165) is 24.5 Å². The molecule has 11 heteroatoms. The first-order valence-corrected chi connectivity index (χ1v) is 10.3. The average Bonchev–Trinajstić information content (AvgIpc) is 2.77. The minimum absolute atomic E-state index is 0. The van der Waals surface area contributed by atoms with Crippen LogP contribution in [0.25, 0.3) is 0 Å². The lowest BCUT2D eigenvalue weighted by atomic mass is 10.1. The van der Waals surface area contributed by atoms with Gasteiger partial charge >= 0.3 is 0 Å². The van der Waals surface area contributed by atoms with Crippen molar-refractivity contribution in [1.82, 2.24) is 9.97 Å². The summed E-state index contributed by atoms with van der Waals surface area (Å²) in [6, 6.07) is 12.5. The lowest BCUT2D eigenvalue weighted by Crippen LogP contribution is -2.36. The van der Waals surface area contributed by atoms with Crippen molar-refractivity contribution in [2.24, 2.45) is 5.73 Å². The summed E-state index contributed by atoms with van der Waals surface area (Å²) in [6.07, 6.45) is 1.47. The van der Waals surface area contributed by atoms with Crippen molar-refractivity contribution in [3.8, 4) is 0 Å². The number of ether oxygens (including phenoxy) is 1. The summed E-state index contributed by atoms with van der Waals surface area (Å²) in [5, 5.41) is 7.09. The van der Waals surface area contributed by atoms with Crippen LogP contribution in [0.3, 0.4) is 0 Å². The second-order valence-electron chi connectivity index (χ2n) is 6.82. The Bertz CT molecular complexity index is 1110. The number of amides is 1. The maximum Gasteiger partial charge on any atom is 0.250 e. The molecule has 0 saturated carbocycles. The first-order chi connectivity index (χ1) is 15.0. The fourth-order valence-corrected chi connectivity index (χ4v) is 3.66. The van der Waals surface area contributed by atoms with E-state index in [0.29, 0.717) is 46.3 Å². The third-order valence-corrected chi connectivity index (χ3v) is 5.32. The molecule has 1 saturated heterocycles. The molecule has 1 fully saturated rings. The number of carbonyl (C=O) groups is 1. The predicted molar refractivity (Wildman–Crippen MR) is 130 cm³/mol. The molecule has 0 aliphatic carbocycles. The maximum absolute atomic E-state index is 11.7. The Hall–Kier alpha value is -2.78. The van der Waals surface area contributed by atoms with Gasteiger partial charge in [0.1, 0.15) is 5.02 Å². The van der Waals surface area contributed by atoms with Gasteiger partial charge in [0.2, 0.25) is 5.95 Å².